The van der Waals surface area contributed by atoms with E-state index in [9.17, 15) is 23.6 Å². The number of aromatic nitrogens is 1. The van der Waals surface area contributed by atoms with Gasteiger partial charge in [-0.25, -0.2) is 0 Å². The van der Waals surface area contributed by atoms with Gasteiger partial charge in [0.15, 0.2) is 5.57 Å². The predicted molar refractivity (Wildman–Crippen MR) is 109 cm³/mol. The molecule has 1 N–H and O–H groups in total. The molecule has 7 nitrogen and oxygen atoms in total. The number of nitrogens with zero attached hydrogens (tertiary/aromatic N) is 2. The Bertz CT molecular complexity index is 1130. The maximum absolute atomic E-state index is 12.9. The third-order valence-corrected chi connectivity index (χ3v) is 4.92. The van der Waals surface area contributed by atoms with Crippen molar-refractivity contribution in [3.63, 3.8) is 0 Å². The van der Waals surface area contributed by atoms with Crippen LogP contribution in [0.5, 0.6) is 5.75 Å². The van der Waals surface area contributed by atoms with Crippen LogP contribution in [0.1, 0.15) is 5.56 Å². The number of thiazole rings is 1. The zero-order chi connectivity index (χ0) is 22.1. The summed E-state index contributed by atoms with van der Waals surface area (Å²) in [6, 6.07) is 7.83. The summed E-state index contributed by atoms with van der Waals surface area (Å²) in [5, 5.41) is 12.0. The lowest BCUT2D eigenvalue weighted by atomic mass is 10.2. The van der Waals surface area contributed by atoms with Gasteiger partial charge in [0.1, 0.15) is 16.5 Å². The largest absolute Gasteiger partial charge is 0.434 e. The van der Waals surface area contributed by atoms with Crippen molar-refractivity contribution in [3.8, 4) is 11.8 Å². The molecule has 2 rings (SSSR count). The minimum atomic E-state index is -3.02. The summed E-state index contributed by atoms with van der Waals surface area (Å²) < 4.78 is 36.2. The molecule has 30 heavy (non-hydrogen) atoms. The Balaban J connectivity index is 2.68. The Kier molecular flexibility index (Phi) is 8.46. The number of hydrogen-bond acceptors (Lipinski definition) is 6. The summed E-state index contributed by atoms with van der Waals surface area (Å²) in [6.45, 7) is 1.08. The van der Waals surface area contributed by atoms with Gasteiger partial charge in [0.2, 0.25) is 0 Å². The molecule has 0 unspecified atom stereocenters. The Morgan fingerprint density at radius 1 is 1.43 bits per heavy atom. The van der Waals surface area contributed by atoms with Gasteiger partial charge >= 0.3 is 6.61 Å². The first kappa shape index (κ1) is 23.0. The van der Waals surface area contributed by atoms with E-state index in [1.807, 2.05) is 6.07 Å². The van der Waals surface area contributed by atoms with E-state index in [-0.39, 0.29) is 45.8 Å². The number of nitriles is 1. The Morgan fingerprint density at radius 2 is 2.17 bits per heavy atom. The van der Waals surface area contributed by atoms with Gasteiger partial charge in [0, 0.05) is 25.8 Å². The SMILES string of the molecule is C=CCn1c(=C(C#N)C(=O)NCCOC)sc(=Cc2ccccc2OC(F)F)c1=O. The second-order valence-corrected chi connectivity index (χ2v) is 6.80. The molecule has 0 saturated carbocycles. The normalized spacial score (nSPS) is 12.4. The van der Waals surface area contributed by atoms with Crippen LogP contribution in [0.3, 0.4) is 0 Å². The van der Waals surface area contributed by atoms with Gasteiger partial charge < -0.3 is 14.8 Å². The maximum atomic E-state index is 12.9. The number of rotatable bonds is 9. The minimum Gasteiger partial charge on any atom is -0.434 e. The molecular formula is C20H19F2N3O4S. The fourth-order valence-electron chi connectivity index (χ4n) is 2.50. The van der Waals surface area contributed by atoms with Gasteiger partial charge in [0.25, 0.3) is 11.5 Å². The molecule has 2 aromatic rings. The van der Waals surface area contributed by atoms with E-state index in [0.717, 1.165) is 11.3 Å². The molecule has 0 aliphatic heterocycles. The van der Waals surface area contributed by atoms with Crippen LogP contribution in [-0.2, 0) is 16.1 Å². The van der Waals surface area contributed by atoms with Crippen molar-refractivity contribution in [2.75, 3.05) is 20.3 Å². The van der Waals surface area contributed by atoms with E-state index in [0.29, 0.717) is 0 Å². The molecule has 158 valence electrons. The number of benzene rings is 1. The molecule has 0 fully saturated rings. The monoisotopic (exact) mass is 435 g/mol. The number of alkyl halides is 2. The first-order valence-corrected chi connectivity index (χ1v) is 9.52. The third-order valence-electron chi connectivity index (χ3n) is 3.79. The number of methoxy groups -OCH3 is 1. The summed E-state index contributed by atoms with van der Waals surface area (Å²) in [7, 11) is 1.47. The molecular weight excluding hydrogens is 416 g/mol. The smallest absolute Gasteiger partial charge is 0.387 e. The molecule has 0 aliphatic carbocycles. The zero-order valence-corrected chi connectivity index (χ0v) is 16.9. The Labute approximate surface area is 174 Å². The number of allylic oxidation sites excluding steroid dienone is 1. The number of carbonyl (C=O) groups is 1. The summed E-state index contributed by atoms with van der Waals surface area (Å²) in [6.07, 6.45) is 2.83. The van der Waals surface area contributed by atoms with Crippen LogP contribution < -0.4 is 24.8 Å². The van der Waals surface area contributed by atoms with E-state index in [1.165, 1.54) is 42.0 Å². The Morgan fingerprint density at radius 3 is 2.80 bits per heavy atom. The molecule has 0 radical (unpaired) electrons. The number of ether oxygens (including phenoxy) is 2. The maximum Gasteiger partial charge on any atom is 0.387 e. The number of halogens is 2. The highest BCUT2D eigenvalue weighted by molar-refractivity contribution is 7.07. The van der Waals surface area contributed by atoms with Crippen LogP contribution in [0.4, 0.5) is 8.78 Å². The zero-order valence-electron chi connectivity index (χ0n) is 16.1. The molecule has 10 heteroatoms. The molecule has 1 heterocycles. The van der Waals surface area contributed by atoms with Crippen molar-refractivity contribution in [2.24, 2.45) is 0 Å². The van der Waals surface area contributed by atoms with Crippen LogP contribution in [-0.4, -0.2) is 37.3 Å². The van der Waals surface area contributed by atoms with Crippen molar-refractivity contribution in [3.05, 3.63) is 62.0 Å². The molecule has 1 amide bonds. The number of carbonyl (C=O) groups excluding carboxylic acids is 1. The average Bonchev–Trinajstić information content (AvgIpc) is 3.00. The highest BCUT2D eigenvalue weighted by atomic mass is 32.1. The standard InChI is InChI=1S/C20H19F2N3O4S/c1-3-9-25-18(27)16(11-13-6-4-5-7-15(13)29-20(21)22)30-19(25)14(12-23)17(26)24-8-10-28-2/h3-7,11,20H,1,8-10H2,2H3,(H,24,26). The van der Waals surface area contributed by atoms with E-state index >= 15 is 0 Å². The number of para-hydroxylation sites is 1. The highest BCUT2D eigenvalue weighted by Gasteiger charge is 2.15. The second-order valence-electron chi connectivity index (χ2n) is 5.77. The highest BCUT2D eigenvalue weighted by Crippen LogP contribution is 2.20. The van der Waals surface area contributed by atoms with Crippen LogP contribution in [0.2, 0.25) is 0 Å². The topological polar surface area (TPSA) is 93.3 Å². The summed E-state index contributed by atoms with van der Waals surface area (Å²) >= 11 is 0.901. The van der Waals surface area contributed by atoms with Crippen molar-refractivity contribution < 1.29 is 23.0 Å². The van der Waals surface area contributed by atoms with Crippen molar-refractivity contribution in [2.45, 2.75) is 13.2 Å². The van der Waals surface area contributed by atoms with Gasteiger partial charge in [-0.05, 0) is 12.1 Å². The van der Waals surface area contributed by atoms with E-state index in [1.54, 1.807) is 6.07 Å². The van der Waals surface area contributed by atoms with Gasteiger partial charge in [-0.1, -0.05) is 24.3 Å². The molecule has 0 aliphatic rings. The lowest BCUT2D eigenvalue weighted by Gasteiger charge is -2.06. The predicted octanol–water partition coefficient (Wildman–Crippen LogP) is 0.963. The number of amides is 1. The van der Waals surface area contributed by atoms with E-state index in [4.69, 9.17) is 4.74 Å². The summed E-state index contributed by atoms with van der Waals surface area (Å²) in [5.74, 6) is -0.750. The quantitative estimate of drug-likeness (QED) is 0.468. The molecule has 1 aromatic carbocycles. The van der Waals surface area contributed by atoms with Gasteiger partial charge in [-0.15, -0.1) is 17.9 Å². The lowest BCUT2D eigenvalue weighted by molar-refractivity contribution is -0.115. The van der Waals surface area contributed by atoms with Crippen LogP contribution >= 0.6 is 11.3 Å². The van der Waals surface area contributed by atoms with Gasteiger partial charge in [-0.2, -0.15) is 14.0 Å². The molecule has 0 spiro atoms. The Hall–Kier alpha value is -3.29. The molecule has 0 saturated heterocycles. The first-order chi connectivity index (χ1) is 14.4. The summed E-state index contributed by atoms with van der Waals surface area (Å²) in [4.78, 5) is 25.2. The fraction of sp³-hybridized carbons (Fsp3) is 0.250. The second kappa shape index (κ2) is 11.0. The molecule has 0 bridgehead atoms. The van der Waals surface area contributed by atoms with Crippen molar-refractivity contribution in [1.29, 1.82) is 5.26 Å². The average molecular weight is 435 g/mol. The number of hydrogen-bond donors (Lipinski definition) is 1. The van der Waals surface area contributed by atoms with E-state index < -0.39 is 18.1 Å². The van der Waals surface area contributed by atoms with Crippen molar-refractivity contribution >= 4 is 28.9 Å². The van der Waals surface area contributed by atoms with Crippen molar-refractivity contribution in [1.82, 2.24) is 9.88 Å². The third kappa shape index (κ3) is 5.62. The first-order valence-electron chi connectivity index (χ1n) is 8.70. The van der Waals surface area contributed by atoms with Crippen LogP contribution in [0.25, 0.3) is 11.6 Å². The fourth-order valence-corrected chi connectivity index (χ4v) is 3.60. The minimum absolute atomic E-state index is 0.0597. The van der Waals surface area contributed by atoms with Crippen LogP contribution in [0.15, 0.2) is 41.7 Å². The van der Waals surface area contributed by atoms with Crippen LogP contribution in [0, 0.1) is 11.3 Å². The lowest BCUT2D eigenvalue weighted by Crippen LogP contribution is -2.35. The molecule has 0 atom stereocenters. The van der Waals surface area contributed by atoms with E-state index in [2.05, 4.69) is 16.6 Å². The van der Waals surface area contributed by atoms with Gasteiger partial charge in [-0.3, -0.25) is 14.2 Å². The molecule has 1 aromatic heterocycles. The number of nitrogens with one attached hydrogen (secondary N) is 1. The summed E-state index contributed by atoms with van der Waals surface area (Å²) in [5.41, 5.74) is -0.470. The van der Waals surface area contributed by atoms with Gasteiger partial charge in [0.05, 0.1) is 11.1 Å².